The lowest BCUT2D eigenvalue weighted by Crippen LogP contribution is -1.89. The number of hydrogen-bond donors (Lipinski definition) is 0. The molecular formula is C10H20. The Morgan fingerprint density at radius 1 is 0.900 bits per heavy atom. The van der Waals surface area contributed by atoms with Gasteiger partial charge in [-0.2, -0.15) is 0 Å². The standard InChI is InChI=1S/C10H20/c1-5-9(3)7-8-10(4)6-2/h7-10H,5-6H2,1-4H3. The van der Waals surface area contributed by atoms with Gasteiger partial charge in [-0.25, -0.2) is 0 Å². The van der Waals surface area contributed by atoms with Crippen LogP contribution in [0.25, 0.3) is 0 Å². The maximum atomic E-state index is 2.33. The maximum Gasteiger partial charge on any atom is -0.0264 e. The maximum absolute atomic E-state index is 2.33. The SMILES string of the molecule is CCC(C)C=CC(C)CC. The van der Waals surface area contributed by atoms with Gasteiger partial charge in [0.25, 0.3) is 0 Å². The van der Waals surface area contributed by atoms with Crippen LogP contribution < -0.4 is 0 Å². The fourth-order valence-electron chi connectivity index (χ4n) is 0.652. The van der Waals surface area contributed by atoms with Gasteiger partial charge in [-0.15, -0.1) is 0 Å². The summed E-state index contributed by atoms with van der Waals surface area (Å²) in [5.74, 6) is 1.52. The second kappa shape index (κ2) is 5.52. The van der Waals surface area contributed by atoms with Crippen molar-refractivity contribution in [2.75, 3.05) is 0 Å². The number of rotatable bonds is 4. The lowest BCUT2D eigenvalue weighted by atomic mass is 10.0. The molecule has 0 aliphatic carbocycles. The zero-order chi connectivity index (χ0) is 7.98. The van der Waals surface area contributed by atoms with E-state index in [4.69, 9.17) is 0 Å². The molecule has 0 aliphatic heterocycles. The summed E-state index contributed by atoms with van der Waals surface area (Å²) in [7, 11) is 0. The molecule has 2 atom stereocenters. The van der Waals surface area contributed by atoms with E-state index in [0.29, 0.717) is 0 Å². The minimum Gasteiger partial charge on any atom is -0.0854 e. The monoisotopic (exact) mass is 140 g/mol. The van der Waals surface area contributed by atoms with Crippen molar-refractivity contribution in [1.29, 1.82) is 0 Å². The van der Waals surface area contributed by atoms with Crippen molar-refractivity contribution in [1.82, 2.24) is 0 Å². The van der Waals surface area contributed by atoms with Gasteiger partial charge in [0.15, 0.2) is 0 Å². The van der Waals surface area contributed by atoms with E-state index in [0.717, 1.165) is 11.8 Å². The Kier molecular flexibility index (Phi) is 5.38. The smallest absolute Gasteiger partial charge is 0.0264 e. The molecule has 2 unspecified atom stereocenters. The van der Waals surface area contributed by atoms with Crippen molar-refractivity contribution >= 4 is 0 Å². The molecule has 0 saturated carbocycles. The first-order valence-electron chi connectivity index (χ1n) is 4.39. The van der Waals surface area contributed by atoms with Crippen LogP contribution in [-0.4, -0.2) is 0 Å². The molecule has 0 heteroatoms. The summed E-state index contributed by atoms with van der Waals surface area (Å²) in [5, 5.41) is 0. The number of hydrogen-bond acceptors (Lipinski definition) is 0. The first-order valence-corrected chi connectivity index (χ1v) is 4.39. The molecule has 0 aromatic rings. The molecule has 0 amide bonds. The number of allylic oxidation sites excluding steroid dienone is 2. The van der Waals surface area contributed by atoms with Gasteiger partial charge in [-0.1, -0.05) is 52.7 Å². The lowest BCUT2D eigenvalue weighted by molar-refractivity contribution is 0.659. The summed E-state index contributed by atoms with van der Waals surface area (Å²) in [6.45, 7) is 8.98. The topological polar surface area (TPSA) is 0 Å². The van der Waals surface area contributed by atoms with Gasteiger partial charge in [0.2, 0.25) is 0 Å². The highest BCUT2D eigenvalue weighted by Gasteiger charge is 1.93. The van der Waals surface area contributed by atoms with Gasteiger partial charge in [0, 0.05) is 0 Å². The van der Waals surface area contributed by atoms with Gasteiger partial charge < -0.3 is 0 Å². The highest BCUT2D eigenvalue weighted by Crippen LogP contribution is 2.07. The van der Waals surface area contributed by atoms with Crippen LogP contribution in [0.15, 0.2) is 12.2 Å². The van der Waals surface area contributed by atoms with Crippen molar-refractivity contribution < 1.29 is 0 Å². The van der Waals surface area contributed by atoms with Crippen LogP contribution in [0.5, 0.6) is 0 Å². The van der Waals surface area contributed by atoms with Crippen LogP contribution in [0.4, 0.5) is 0 Å². The molecule has 0 heterocycles. The largest absolute Gasteiger partial charge is 0.0854 e. The third-order valence-corrected chi connectivity index (χ3v) is 2.06. The summed E-state index contributed by atoms with van der Waals surface area (Å²) in [5.41, 5.74) is 0. The molecule has 60 valence electrons. The lowest BCUT2D eigenvalue weighted by Gasteiger charge is -2.03. The first kappa shape index (κ1) is 9.74. The minimum atomic E-state index is 0.758. The van der Waals surface area contributed by atoms with E-state index in [1.165, 1.54) is 12.8 Å². The Morgan fingerprint density at radius 2 is 1.20 bits per heavy atom. The molecule has 0 N–H and O–H groups in total. The zero-order valence-electron chi connectivity index (χ0n) is 7.72. The molecule has 0 aromatic carbocycles. The van der Waals surface area contributed by atoms with E-state index in [-0.39, 0.29) is 0 Å². The summed E-state index contributed by atoms with van der Waals surface area (Å²) >= 11 is 0. The molecule has 0 aromatic heterocycles. The van der Waals surface area contributed by atoms with Crippen molar-refractivity contribution in [2.24, 2.45) is 11.8 Å². The Labute approximate surface area is 65.3 Å². The molecular weight excluding hydrogens is 120 g/mol. The molecule has 0 nitrogen and oxygen atoms in total. The fourth-order valence-corrected chi connectivity index (χ4v) is 0.652. The second-order valence-electron chi connectivity index (χ2n) is 3.16. The second-order valence-corrected chi connectivity index (χ2v) is 3.16. The fraction of sp³-hybridized carbons (Fsp3) is 0.800. The van der Waals surface area contributed by atoms with Crippen molar-refractivity contribution in [3.8, 4) is 0 Å². The zero-order valence-corrected chi connectivity index (χ0v) is 7.72. The predicted octanol–water partition coefficient (Wildman–Crippen LogP) is 3.63. The van der Waals surface area contributed by atoms with E-state index in [9.17, 15) is 0 Å². The van der Waals surface area contributed by atoms with Crippen LogP contribution >= 0.6 is 0 Å². The van der Waals surface area contributed by atoms with E-state index in [1.807, 2.05) is 0 Å². The van der Waals surface area contributed by atoms with Crippen LogP contribution in [0.2, 0.25) is 0 Å². The van der Waals surface area contributed by atoms with E-state index < -0.39 is 0 Å². The predicted molar refractivity (Wildman–Crippen MR) is 48.1 cm³/mol. The Hall–Kier alpha value is -0.260. The quantitative estimate of drug-likeness (QED) is 0.523. The summed E-state index contributed by atoms with van der Waals surface area (Å²) < 4.78 is 0. The van der Waals surface area contributed by atoms with E-state index >= 15 is 0 Å². The van der Waals surface area contributed by atoms with Gasteiger partial charge in [0.1, 0.15) is 0 Å². The van der Waals surface area contributed by atoms with Crippen LogP contribution in [0.3, 0.4) is 0 Å². The third kappa shape index (κ3) is 4.60. The van der Waals surface area contributed by atoms with E-state index in [2.05, 4.69) is 39.8 Å². The normalized spacial score (nSPS) is 17.6. The average Bonchev–Trinajstić information content (AvgIpc) is 1.99. The highest BCUT2D eigenvalue weighted by molar-refractivity contribution is 4.88. The first-order chi connectivity index (χ1) is 4.70. The van der Waals surface area contributed by atoms with Crippen LogP contribution in [-0.2, 0) is 0 Å². The molecule has 0 rings (SSSR count). The van der Waals surface area contributed by atoms with Crippen molar-refractivity contribution in [3.63, 3.8) is 0 Å². The molecule has 0 spiro atoms. The molecule has 0 radical (unpaired) electrons. The van der Waals surface area contributed by atoms with Crippen LogP contribution in [0.1, 0.15) is 40.5 Å². The van der Waals surface area contributed by atoms with Gasteiger partial charge in [-0.3, -0.25) is 0 Å². The summed E-state index contributed by atoms with van der Waals surface area (Å²) in [4.78, 5) is 0. The average molecular weight is 140 g/mol. The minimum absolute atomic E-state index is 0.758. The van der Waals surface area contributed by atoms with Gasteiger partial charge in [-0.05, 0) is 11.8 Å². The molecule has 0 aliphatic rings. The van der Waals surface area contributed by atoms with E-state index in [1.54, 1.807) is 0 Å². The Morgan fingerprint density at radius 3 is 1.40 bits per heavy atom. The van der Waals surface area contributed by atoms with Crippen molar-refractivity contribution in [2.45, 2.75) is 40.5 Å². The van der Waals surface area contributed by atoms with Gasteiger partial charge >= 0.3 is 0 Å². The molecule has 10 heavy (non-hydrogen) atoms. The Bertz CT molecular complexity index is 80.2. The summed E-state index contributed by atoms with van der Waals surface area (Å²) in [6.07, 6.45) is 7.17. The highest BCUT2D eigenvalue weighted by atomic mass is 14.0. The van der Waals surface area contributed by atoms with Crippen molar-refractivity contribution in [3.05, 3.63) is 12.2 Å². The third-order valence-electron chi connectivity index (χ3n) is 2.06. The van der Waals surface area contributed by atoms with Gasteiger partial charge in [0.05, 0.1) is 0 Å². The molecule has 0 fully saturated rings. The molecule has 0 bridgehead atoms. The summed E-state index contributed by atoms with van der Waals surface area (Å²) in [6, 6.07) is 0. The van der Waals surface area contributed by atoms with Crippen LogP contribution in [0, 0.1) is 11.8 Å². The Balaban J connectivity index is 3.52. The molecule has 0 saturated heterocycles.